The van der Waals surface area contributed by atoms with Gasteiger partial charge in [-0.3, -0.25) is 0 Å². The number of aromatic nitrogens is 2. The van der Waals surface area contributed by atoms with Gasteiger partial charge in [-0.05, 0) is 12.8 Å². The lowest BCUT2D eigenvalue weighted by atomic mass is 9.82. The van der Waals surface area contributed by atoms with E-state index in [0.29, 0.717) is 11.6 Å². The average Bonchev–Trinajstić information content (AvgIpc) is 2.40. The van der Waals surface area contributed by atoms with E-state index in [-0.39, 0.29) is 17.3 Å². The lowest BCUT2D eigenvalue weighted by Gasteiger charge is -2.37. The Balaban J connectivity index is 2.24. The minimum atomic E-state index is -0.316. The number of halogens is 1. The second-order valence-corrected chi connectivity index (χ2v) is 5.03. The number of aliphatic hydroxyl groups is 1. The summed E-state index contributed by atoms with van der Waals surface area (Å²) in [5.74, 6) is 0.978. The Morgan fingerprint density at radius 1 is 1.39 bits per heavy atom. The van der Waals surface area contributed by atoms with Crippen molar-refractivity contribution in [2.45, 2.75) is 37.6 Å². The summed E-state index contributed by atoms with van der Waals surface area (Å²) >= 11 is 5.96. The lowest BCUT2D eigenvalue weighted by molar-refractivity contribution is 0.172. The first-order valence-electron chi connectivity index (χ1n) is 6.14. The van der Waals surface area contributed by atoms with Gasteiger partial charge in [0.25, 0.3) is 0 Å². The van der Waals surface area contributed by atoms with Gasteiger partial charge in [-0.25, -0.2) is 9.97 Å². The minimum Gasteiger partial charge on any atom is -0.490 e. The molecular weight excluding hydrogens is 254 g/mol. The van der Waals surface area contributed by atoms with Crippen LogP contribution in [0.4, 0.5) is 5.82 Å². The average molecular weight is 272 g/mol. The van der Waals surface area contributed by atoms with Crippen LogP contribution in [0.15, 0.2) is 6.33 Å². The Morgan fingerprint density at radius 3 is 2.72 bits per heavy atom. The predicted molar refractivity (Wildman–Crippen MR) is 70.1 cm³/mol. The molecule has 0 amide bonds. The molecule has 0 unspecified atom stereocenters. The summed E-state index contributed by atoms with van der Waals surface area (Å²) in [6, 6.07) is 0. The maximum absolute atomic E-state index is 9.66. The molecule has 2 N–H and O–H groups in total. The standard InChI is InChI=1S/C12H18ClN3O2/c1-18-9-10(13)14-8-15-11(9)16-12(7-17)5-3-2-4-6-12/h8,17H,2-7H2,1H3,(H,14,15,16). The zero-order valence-corrected chi connectivity index (χ0v) is 11.2. The van der Waals surface area contributed by atoms with E-state index in [1.807, 2.05) is 0 Å². The van der Waals surface area contributed by atoms with E-state index >= 15 is 0 Å². The molecule has 1 aliphatic carbocycles. The molecule has 0 spiro atoms. The van der Waals surface area contributed by atoms with E-state index in [9.17, 15) is 5.11 Å². The number of hydrogen-bond acceptors (Lipinski definition) is 5. The molecule has 18 heavy (non-hydrogen) atoms. The van der Waals surface area contributed by atoms with Crippen molar-refractivity contribution < 1.29 is 9.84 Å². The molecule has 0 atom stereocenters. The molecular formula is C12H18ClN3O2. The molecule has 1 fully saturated rings. The summed E-state index contributed by atoms with van der Waals surface area (Å²) in [6.45, 7) is 0.0811. The van der Waals surface area contributed by atoms with Crippen LogP contribution in [0.3, 0.4) is 0 Å². The SMILES string of the molecule is COc1c(Cl)ncnc1NC1(CO)CCCCC1. The van der Waals surface area contributed by atoms with Crippen LogP contribution < -0.4 is 10.1 Å². The fourth-order valence-corrected chi connectivity index (χ4v) is 2.63. The molecule has 1 aromatic heterocycles. The van der Waals surface area contributed by atoms with Gasteiger partial charge in [-0.2, -0.15) is 0 Å². The molecule has 1 aliphatic rings. The minimum absolute atomic E-state index is 0.0811. The summed E-state index contributed by atoms with van der Waals surface area (Å²) < 4.78 is 5.21. The van der Waals surface area contributed by atoms with Crippen LogP contribution >= 0.6 is 11.6 Å². The van der Waals surface area contributed by atoms with Gasteiger partial charge in [-0.15, -0.1) is 0 Å². The molecule has 100 valence electrons. The van der Waals surface area contributed by atoms with Crippen LogP contribution in [0.1, 0.15) is 32.1 Å². The van der Waals surface area contributed by atoms with Gasteiger partial charge < -0.3 is 15.2 Å². The van der Waals surface area contributed by atoms with Crippen LogP contribution in [0.2, 0.25) is 5.15 Å². The Labute approximate surface area is 112 Å². The third kappa shape index (κ3) is 2.67. The Kier molecular flexibility index (Phi) is 4.24. The number of rotatable bonds is 4. The predicted octanol–water partition coefficient (Wildman–Crippen LogP) is 2.25. The molecule has 6 heteroatoms. The highest BCUT2D eigenvalue weighted by molar-refractivity contribution is 6.31. The van der Waals surface area contributed by atoms with Crippen molar-refractivity contribution >= 4 is 17.4 Å². The highest BCUT2D eigenvalue weighted by Crippen LogP contribution is 2.35. The lowest BCUT2D eigenvalue weighted by Crippen LogP contribution is -2.44. The molecule has 2 rings (SSSR count). The topological polar surface area (TPSA) is 67.3 Å². The van der Waals surface area contributed by atoms with Gasteiger partial charge in [0.1, 0.15) is 6.33 Å². The molecule has 5 nitrogen and oxygen atoms in total. The first-order chi connectivity index (χ1) is 8.71. The van der Waals surface area contributed by atoms with Crippen molar-refractivity contribution in [1.82, 2.24) is 9.97 Å². The molecule has 0 radical (unpaired) electrons. The van der Waals surface area contributed by atoms with Gasteiger partial charge >= 0.3 is 0 Å². The largest absolute Gasteiger partial charge is 0.490 e. The normalized spacial score (nSPS) is 18.4. The van der Waals surface area contributed by atoms with Crippen LogP contribution in [-0.2, 0) is 0 Å². The van der Waals surface area contributed by atoms with E-state index in [4.69, 9.17) is 16.3 Å². The van der Waals surface area contributed by atoms with Gasteiger partial charge in [0.2, 0.25) is 0 Å². The van der Waals surface area contributed by atoms with Crippen molar-refractivity contribution in [2.75, 3.05) is 19.0 Å². The molecule has 1 heterocycles. The van der Waals surface area contributed by atoms with Crippen molar-refractivity contribution in [3.05, 3.63) is 11.5 Å². The highest BCUT2D eigenvalue weighted by atomic mass is 35.5. The number of aliphatic hydroxyl groups excluding tert-OH is 1. The van der Waals surface area contributed by atoms with Gasteiger partial charge in [0, 0.05) is 0 Å². The van der Waals surface area contributed by atoms with Crippen LogP contribution in [0.5, 0.6) is 5.75 Å². The second kappa shape index (κ2) is 5.71. The van der Waals surface area contributed by atoms with Gasteiger partial charge in [0.15, 0.2) is 16.7 Å². The number of ether oxygens (including phenoxy) is 1. The van der Waals surface area contributed by atoms with Gasteiger partial charge in [0.05, 0.1) is 19.3 Å². The van der Waals surface area contributed by atoms with E-state index in [2.05, 4.69) is 15.3 Å². The van der Waals surface area contributed by atoms with Crippen molar-refractivity contribution in [2.24, 2.45) is 0 Å². The number of methoxy groups -OCH3 is 1. The number of nitrogens with zero attached hydrogens (tertiary/aromatic N) is 2. The molecule has 0 aromatic carbocycles. The zero-order valence-electron chi connectivity index (χ0n) is 10.4. The van der Waals surface area contributed by atoms with E-state index in [1.165, 1.54) is 19.9 Å². The number of hydrogen-bond donors (Lipinski definition) is 2. The summed E-state index contributed by atoms with van der Waals surface area (Å²) in [7, 11) is 1.53. The molecule has 0 bridgehead atoms. The fourth-order valence-electron chi connectivity index (χ4n) is 2.42. The fraction of sp³-hybridized carbons (Fsp3) is 0.667. The van der Waals surface area contributed by atoms with Gasteiger partial charge in [-0.1, -0.05) is 30.9 Å². The van der Waals surface area contributed by atoms with E-state index in [1.54, 1.807) is 0 Å². The monoisotopic (exact) mass is 271 g/mol. The summed E-state index contributed by atoms with van der Waals surface area (Å²) in [5, 5.41) is 13.2. The summed E-state index contributed by atoms with van der Waals surface area (Å²) in [4.78, 5) is 8.03. The van der Waals surface area contributed by atoms with E-state index < -0.39 is 0 Å². The zero-order chi connectivity index (χ0) is 13.0. The third-order valence-electron chi connectivity index (χ3n) is 3.46. The second-order valence-electron chi connectivity index (χ2n) is 4.67. The van der Waals surface area contributed by atoms with Crippen LogP contribution in [-0.4, -0.2) is 34.3 Å². The Bertz CT molecular complexity index is 408. The smallest absolute Gasteiger partial charge is 0.198 e. The molecule has 0 saturated heterocycles. The van der Waals surface area contributed by atoms with Crippen molar-refractivity contribution in [3.8, 4) is 5.75 Å². The van der Waals surface area contributed by atoms with E-state index in [0.717, 1.165) is 25.7 Å². The maximum atomic E-state index is 9.66. The Morgan fingerprint density at radius 2 is 2.11 bits per heavy atom. The molecule has 0 aliphatic heterocycles. The highest BCUT2D eigenvalue weighted by Gasteiger charge is 2.32. The van der Waals surface area contributed by atoms with Crippen molar-refractivity contribution in [3.63, 3.8) is 0 Å². The van der Waals surface area contributed by atoms with Crippen LogP contribution in [0.25, 0.3) is 0 Å². The van der Waals surface area contributed by atoms with Crippen LogP contribution in [0, 0.1) is 0 Å². The van der Waals surface area contributed by atoms with Crippen molar-refractivity contribution in [1.29, 1.82) is 0 Å². The Hall–Kier alpha value is -1.07. The molecule has 1 saturated carbocycles. The number of anilines is 1. The molecule has 1 aromatic rings. The first kappa shape index (κ1) is 13.4. The summed E-state index contributed by atoms with van der Waals surface area (Å²) in [6.07, 6.45) is 6.66. The maximum Gasteiger partial charge on any atom is 0.198 e. The number of nitrogens with one attached hydrogen (secondary N) is 1. The first-order valence-corrected chi connectivity index (χ1v) is 6.52. The third-order valence-corrected chi connectivity index (χ3v) is 3.73. The summed E-state index contributed by atoms with van der Waals surface area (Å²) in [5.41, 5.74) is -0.316. The quantitative estimate of drug-likeness (QED) is 0.822.